The molecule has 0 aliphatic carbocycles. The molecule has 1 aliphatic rings. The number of carbonyl (C=O) groups excluding carboxylic acids is 1. The molecule has 1 aromatic carbocycles. The fraction of sp³-hybridized carbons (Fsp3) is 0.704. The molecule has 9 nitrogen and oxygen atoms in total. The molecule has 0 bridgehead atoms. The molecule has 2 rings (SSSR count). The van der Waals surface area contributed by atoms with Crippen LogP contribution < -0.4 is 0 Å². The fourth-order valence-corrected chi connectivity index (χ4v) is 5.60. The first-order chi connectivity index (χ1) is 16.7. The average Bonchev–Trinajstić information content (AvgIpc) is 2.99. The molecule has 10 heteroatoms. The summed E-state index contributed by atoms with van der Waals surface area (Å²) >= 11 is 0. The Bertz CT molecular complexity index is 1050. The highest BCUT2D eigenvalue weighted by Crippen LogP contribution is 2.43. The number of hydrogen-bond donors (Lipinski definition) is 1. The van der Waals surface area contributed by atoms with E-state index in [4.69, 9.17) is 13.7 Å². The van der Waals surface area contributed by atoms with E-state index in [2.05, 4.69) is 0 Å². The smallest absolute Gasteiger partial charge is 0.409 e. The minimum Gasteiger partial charge on any atom is -0.465 e. The molecule has 210 valence electrons. The average molecular weight is 542 g/mol. The van der Waals surface area contributed by atoms with Crippen molar-refractivity contribution in [3.8, 4) is 0 Å². The van der Waals surface area contributed by atoms with Crippen molar-refractivity contribution in [3.63, 3.8) is 0 Å². The van der Waals surface area contributed by atoms with Crippen LogP contribution in [0.15, 0.2) is 29.2 Å². The molecule has 37 heavy (non-hydrogen) atoms. The Morgan fingerprint density at radius 2 is 1.68 bits per heavy atom. The number of amides is 1. The van der Waals surface area contributed by atoms with Gasteiger partial charge in [0, 0.05) is 6.42 Å². The monoisotopic (exact) mass is 541 g/mol. The van der Waals surface area contributed by atoms with Gasteiger partial charge < -0.3 is 14.6 Å². The van der Waals surface area contributed by atoms with E-state index in [1.54, 1.807) is 46.8 Å². The topological polar surface area (TPSA) is 119 Å². The number of benzene rings is 1. The SMILES string of the molecule is Cc1ccc(S(=O)(=O)OC[C@H](CCC(=O)OC(C)(C)C)CC2C(C(C)(C)C)OC(C)(C)N2C(=O)O)cc1. The van der Waals surface area contributed by atoms with E-state index in [1.165, 1.54) is 17.0 Å². The second kappa shape index (κ2) is 11.3. The van der Waals surface area contributed by atoms with Gasteiger partial charge in [-0.1, -0.05) is 38.5 Å². The molecule has 0 radical (unpaired) electrons. The van der Waals surface area contributed by atoms with Crippen LogP contribution in [0.2, 0.25) is 0 Å². The van der Waals surface area contributed by atoms with Gasteiger partial charge in [-0.3, -0.25) is 13.9 Å². The summed E-state index contributed by atoms with van der Waals surface area (Å²) in [6.45, 7) is 16.3. The predicted octanol–water partition coefficient (Wildman–Crippen LogP) is 5.36. The van der Waals surface area contributed by atoms with Gasteiger partial charge in [-0.2, -0.15) is 8.42 Å². The first-order valence-corrected chi connectivity index (χ1v) is 14.0. The molecule has 0 saturated carbocycles. The van der Waals surface area contributed by atoms with Gasteiger partial charge in [0.15, 0.2) is 0 Å². The molecule has 1 fully saturated rings. The second-order valence-corrected chi connectivity index (χ2v) is 14.0. The lowest BCUT2D eigenvalue weighted by Crippen LogP contribution is -2.49. The Balaban J connectivity index is 2.31. The number of ether oxygens (including phenoxy) is 2. The lowest BCUT2D eigenvalue weighted by Gasteiger charge is -2.35. The molecule has 1 heterocycles. The molecule has 0 aromatic heterocycles. The zero-order valence-corrected chi connectivity index (χ0v) is 24.3. The van der Waals surface area contributed by atoms with Crippen LogP contribution in [0.5, 0.6) is 0 Å². The van der Waals surface area contributed by atoms with E-state index in [-0.39, 0.29) is 30.8 Å². The maximum Gasteiger partial charge on any atom is 0.409 e. The van der Waals surface area contributed by atoms with Crippen molar-refractivity contribution in [1.29, 1.82) is 0 Å². The Hall–Kier alpha value is -2.17. The summed E-state index contributed by atoms with van der Waals surface area (Å²) < 4.78 is 42.8. The van der Waals surface area contributed by atoms with Gasteiger partial charge in [-0.25, -0.2) is 4.79 Å². The number of carboxylic acid groups (broad SMARTS) is 1. The van der Waals surface area contributed by atoms with Crippen molar-refractivity contribution < 1.29 is 36.8 Å². The Morgan fingerprint density at radius 3 is 2.16 bits per heavy atom. The number of hydrogen-bond acceptors (Lipinski definition) is 7. The number of aryl methyl sites for hydroxylation is 1. The summed E-state index contributed by atoms with van der Waals surface area (Å²) in [6, 6.07) is 5.77. The van der Waals surface area contributed by atoms with Crippen molar-refractivity contribution in [2.45, 2.75) is 110 Å². The Morgan fingerprint density at radius 1 is 1.11 bits per heavy atom. The van der Waals surface area contributed by atoms with Gasteiger partial charge in [0.1, 0.15) is 11.3 Å². The van der Waals surface area contributed by atoms with Gasteiger partial charge >= 0.3 is 12.1 Å². The summed E-state index contributed by atoms with van der Waals surface area (Å²) in [6.07, 6.45) is -1.01. The van der Waals surface area contributed by atoms with Crippen LogP contribution in [0, 0.1) is 18.3 Å². The molecule has 1 aromatic rings. The van der Waals surface area contributed by atoms with Crippen molar-refractivity contribution in [2.24, 2.45) is 11.3 Å². The maximum absolute atomic E-state index is 12.9. The molecule has 0 spiro atoms. The highest BCUT2D eigenvalue weighted by molar-refractivity contribution is 7.86. The van der Waals surface area contributed by atoms with Gasteiger partial charge in [-0.15, -0.1) is 0 Å². The summed E-state index contributed by atoms with van der Waals surface area (Å²) in [5, 5.41) is 10.0. The van der Waals surface area contributed by atoms with Gasteiger partial charge in [0.05, 0.1) is 23.6 Å². The third-order valence-electron chi connectivity index (χ3n) is 6.26. The van der Waals surface area contributed by atoms with E-state index in [0.29, 0.717) is 0 Å². The van der Waals surface area contributed by atoms with Gasteiger partial charge in [0.25, 0.3) is 10.1 Å². The second-order valence-electron chi connectivity index (χ2n) is 12.3. The minimum absolute atomic E-state index is 0.0362. The molecular weight excluding hydrogens is 498 g/mol. The normalized spacial score (nSPS) is 21.1. The summed E-state index contributed by atoms with van der Waals surface area (Å²) in [7, 11) is -4.05. The van der Waals surface area contributed by atoms with Crippen LogP contribution in [0.4, 0.5) is 4.79 Å². The van der Waals surface area contributed by atoms with Crippen molar-refractivity contribution in [2.75, 3.05) is 6.61 Å². The van der Waals surface area contributed by atoms with Crippen LogP contribution in [0.25, 0.3) is 0 Å². The zero-order valence-electron chi connectivity index (χ0n) is 23.5. The molecule has 3 atom stereocenters. The van der Waals surface area contributed by atoms with Crippen molar-refractivity contribution in [3.05, 3.63) is 29.8 Å². The molecular formula is C27H43NO8S. The summed E-state index contributed by atoms with van der Waals surface area (Å²) in [5.41, 5.74) is -1.20. The molecule has 1 N–H and O–H groups in total. The lowest BCUT2D eigenvalue weighted by molar-refractivity contribution is -0.155. The first kappa shape index (κ1) is 31.1. The van der Waals surface area contributed by atoms with Crippen LogP contribution >= 0.6 is 0 Å². The van der Waals surface area contributed by atoms with E-state index in [9.17, 15) is 23.1 Å². The van der Waals surface area contributed by atoms with E-state index in [1.807, 2.05) is 27.7 Å². The zero-order chi connectivity index (χ0) is 28.4. The van der Waals surface area contributed by atoms with Crippen LogP contribution in [0.3, 0.4) is 0 Å². The van der Waals surface area contributed by atoms with E-state index < -0.39 is 57.0 Å². The predicted molar refractivity (Wildman–Crippen MR) is 140 cm³/mol. The quantitative estimate of drug-likeness (QED) is 0.328. The highest BCUT2D eigenvalue weighted by Gasteiger charge is 2.54. The van der Waals surface area contributed by atoms with Gasteiger partial charge in [-0.05, 0) is 77.8 Å². The first-order valence-electron chi connectivity index (χ1n) is 12.6. The fourth-order valence-electron chi connectivity index (χ4n) is 4.62. The Kier molecular flexibility index (Phi) is 9.47. The van der Waals surface area contributed by atoms with E-state index >= 15 is 0 Å². The number of rotatable bonds is 9. The number of nitrogens with zero attached hydrogens (tertiary/aromatic N) is 1. The summed E-state index contributed by atoms with van der Waals surface area (Å²) in [5.74, 6) is -0.869. The molecule has 1 amide bonds. The van der Waals surface area contributed by atoms with E-state index in [0.717, 1.165) is 5.56 Å². The molecule has 2 unspecified atom stereocenters. The third-order valence-corrected chi connectivity index (χ3v) is 7.55. The highest BCUT2D eigenvalue weighted by atomic mass is 32.2. The Labute approximate surface area is 221 Å². The van der Waals surface area contributed by atoms with Crippen molar-refractivity contribution >= 4 is 22.2 Å². The maximum atomic E-state index is 12.9. The minimum atomic E-state index is -4.05. The van der Waals surface area contributed by atoms with Crippen LogP contribution in [-0.2, 0) is 28.6 Å². The van der Waals surface area contributed by atoms with Crippen LogP contribution in [-0.4, -0.2) is 60.6 Å². The van der Waals surface area contributed by atoms with Crippen molar-refractivity contribution in [1.82, 2.24) is 4.90 Å². The largest absolute Gasteiger partial charge is 0.465 e. The molecule has 1 saturated heterocycles. The standard InChI is InChI=1S/C27H43NO8S/c1-18-10-13-20(14-11-18)37(32,33)34-17-19(12-15-22(29)35-26(5,6)7)16-21-23(25(2,3)4)36-27(8,9)28(21)24(30)31/h10-11,13-14,19,21,23H,12,15-17H2,1-9H3,(H,30,31)/t19-,21?,23?/m1/s1. The molecule has 1 aliphatic heterocycles. The number of esters is 1. The van der Waals surface area contributed by atoms with Crippen LogP contribution in [0.1, 0.15) is 80.2 Å². The summed E-state index contributed by atoms with van der Waals surface area (Å²) in [4.78, 5) is 26.0. The van der Waals surface area contributed by atoms with Gasteiger partial charge in [0.2, 0.25) is 0 Å². The lowest BCUT2D eigenvalue weighted by atomic mass is 9.81. The number of carbonyl (C=O) groups is 2. The third kappa shape index (κ3) is 8.68.